The van der Waals surface area contributed by atoms with Gasteiger partial charge in [-0.25, -0.2) is 4.39 Å². The van der Waals surface area contributed by atoms with Crippen molar-refractivity contribution in [3.8, 4) is 5.75 Å². The molecule has 4 nitrogen and oxygen atoms in total. The molecule has 1 unspecified atom stereocenters. The molecular formula is C16H19FN2O2S. The van der Waals surface area contributed by atoms with Crippen molar-refractivity contribution < 1.29 is 13.9 Å². The Kier molecular flexibility index (Phi) is 5.91. The summed E-state index contributed by atoms with van der Waals surface area (Å²) < 4.78 is 18.1. The van der Waals surface area contributed by atoms with Gasteiger partial charge in [0.05, 0.1) is 6.04 Å². The Morgan fingerprint density at radius 2 is 2.05 bits per heavy atom. The first-order valence-electron chi connectivity index (χ1n) is 6.91. The Morgan fingerprint density at radius 3 is 2.64 bits per heavy atom. The maximum Gasteiger partial charge on any atom is 0.258 e. The van der Waals surface area contributed by atoms with Crippen LogP contribution in [0.1, 0.15) is 10.9 Å². The van der Waals surface area contributed by atoms with Gasteiger partial charge in [0.1, 0.15) is 11.6 Å². The molecule has 0 aliphatic carbocycles. The molecular weight excluding hydrogens is 303 g/mol. The Balaban J connectivity index is 1.80. The van der Waals surface area contributed by atoms with Gasteiger partial charge in [-0.2, -0.15) is 0 Å². The van der Waals surface area contributed by atoms with E-state index in [9.17, 15) is 9.18 Å². The van der Waals surface area contributed by atoms with Crippen LogP contribution in [0.5, 0.6) is 5.75 Å². The highest BCUT2D eigenvalue weighted by atomic mass is 32.1. The Hall–Kier alpha value is -1.92. The van der Waals surface area contributed by atoms with E-state index in [1.807, 2.05) is 25.5 Å². The van der Waals surface area contributed by atoms with Crippen LogP contribution in [-0.2, 0) is 4.79 Å². The fourth-order valence-corrected chi connectivity index (χ4v) is 2.88. The molecule has 0 spiro atoms. The lowest BCUT2D eigenvalue weighted by Gasteiger charge is -2.23. The largest absolute Gasteiger partial charge is 0.484 e. The van der Waals surface area contributed by atoms with Gasteiger partial charge in [0.25, 0.3) is 5.91 Å². The summed E-state index contributed by atoms with van der Waals surface area (Å²) in [5, 5.41) is 4.88. The van der Waals surface area contributed by atoms with Gasteiger partial charge in [0, 0.05) is 11.4 Å². The van der Waals surface area contributed by atoms with Gasteiger partial charge >= 0.3 is 0 Å². The molecule has 0 aliphatic rings. The fourth-order valence-electron chi connectivity index (χ4n) is 1.96. The molecule has 22 heavy (non-hydrogen) atoms. The minimum atomic E-state index is -0.332. The number of halogens is 1. The van der Waals surface area contributed by atoms with Crippen molar-refractivity contribution in [1.29, 1.82) is 0 Å². The van der Waals surface area contributed by atoms with Crippen molar-refractivity contribution in [1.82, 2.24) is 10.2 Å². The molecule has 1 atom stereocenters. The normalized spacial score (nSPS) is 12.2. The third-order valence-electron chi connectivity index (χ3n) is 3.17. The third kappa shape index (κ3) is 4.82. The molecule has 1 amide bonds. The number of nitrogens with one attached hydrogen (secondary N) is 1. The van der Waals surface area contributed by atoms with E-state index in [0.717, 1.165) is 0 Å². The average molecular weight is 322 g/mol. The first-order valence-corrected chi connectivity index (χ1v) is 7.79. The monoisotopic (exact) mass is 322 g/mol. The lowest BCUT2D eigenvalue weighted by atomic mass is 10.2. The summed E-state index contributed by atoms with van der Waals surface area (Å²) in [6, 6.07) is 9.77. The average Bonchev–Trinajstić information content (AvgIpc) is 3.00. The van der Waals surface area contributed by atoms with Gasteiger partial charge in [-0.05, 0) is 49.8 Å². The summed E-state index contributed by atoms with van der Waals surface area (Å²) >= 11 is 1.66. The highest BCUT2D eigenvalue weighted by Crippen LogP contribution is 2.22. The zero-order chi connectivity index (χ0) is 15.9. The molecule has 1 aromatic carbocycles. The topological polar surface area (TPSA) is 41.6 Å². The van der Waals surface area contributed by atoms with E-state index in [1.165, 1.54) is 29.1 Å². The molecule has 0 saturated heterocycles. The van der Waals surface area contributed by atoms with Crippen molar-refractivity contribution in [2.45, 2.75) is 6.04 Å². The molecule has 0 fully saturated rings. The number of rotatable bonds is 7. The minimum Gasteiger partial charge on any atom is -0.484 e. The number of likely N-dealkylation sites (N-methyl/N-ethyl adjacent to an activating group) is 1. The molecule has 118 valence electrons. The van der Waals surface area contributed by atoms with Crippen LogP contribution in [0, 0.1) is 5.82 Å². The van der Waals surface area contributed by atoms with Crippen LogP contribution in [0.2, 0.25) is 0 Å². The molecule has 2 aromatic rings. The number of carbonyl (C=O) groups excluding carboxylic acids is 1. The van der Waals surface area contributed by atoms with Gasteiger partial charge < -0.3 is 15.0 Å². The molecule has 6 heteroatoms. The summed E-state index contributed by atoms with van der Waals surface area (Å²) in [5.74, 6) is -0.0618. The Bertz CT molecular complexity index is 585. The maximum absolute atomic E-state index is 12.8. The zero-order valence-electron chi connectivity index (χ0n) is 12.6. The SMILES string of the molecule is CN(C)C(CNC(=O)COc1ccc(F)cc1)c1cccs1. The molecule has 1 N–H and O–H groups in total. The summed E-state index contributed by atoms with van der Waals surface area (Å²) in [6.07, 6.45) is 0. The second-order valence-electron chi connectivity index (χ2n) is 5.04. The van der Waals surface area contributed by atoms with Gasteiger partial charge in [-0.15, -0.1) is 11.3 Å². The van der Waals surface area contributed by atoms with Crippen molar-refractivity contribution in [3.63, 3.8) is 0 Å². The number of nitrogens with zero attached hydrogens (tertiary/aromatic N) is 1. The molecule has 1 heterocycles. The summed E-state index contributed by atoms with van der Waals surface area (Å²) in [5.41, 5.74) is 0. The van der Waals surface area contributed by atoms with Crippen LogP contribution in [0.3, 0.4) is 0 Å². The van der Waals surface area contributed by atoms with Crippen molar-refractivity contribution in [2.24, 2.45) is 0 Å². The van der Waals surface area contributed by atoms with Gasteiger partial charge in [-0.1, -0.05) is 6.07 Å². The van der Waals surface area contributed by atoms with E-state index >= 15 is 0 Å². The molecule has 0 bridgehead atoms. The fraction of sp³-hybridized carbons (Fsp3) is 0.312. The van der Waals surface area contributed by atoms with E-state index in [2.05, 4.69) is 16.3 Å². The number of benzene rings is 1. The van der Waals surface area contributed by atoms with Crippen LogP contribution in [0.25, 0.3) is 0 Å². The summed E-state index contributed by atoms with van der Waals surface area (Å²) in [4.78, 5) is 15.1. The van der Waals surface area contributed by atoms with Gasteiger partial charge in [0.2, 0.25) is 0 Å². The van der Waals surface area contributed by atoms with E-state index in [0.29, 0.717) is 12.3 Å². The van der Waals surface area contributed by atoms with Crippen LogP contribution >= 0.6 is 11.3 Å². The summed E-state index contributed by atoms with van der Waals surface area (Å²) in [6.45, 7) is 0.426. The van der Waals surface area contributed by atoms with Crippen molar-refractivity contribution in [3.05, 3.63) is 52.5 Å². The number of carbonyl (C=O) groups is 1. The predicted octanol–water partition coefficient (Wildman–Crippen LogP) is 2.69. The highest BCUT2D eigenvalue weighted by Gasteiger charge is 2.16. The number of ether oxygens (including phenoxy) is 1. The third-order valence-corrected chi connectivity index (χ3v) is 4.14. The Morgan fingerprint density at radius 1 is 1.32 bits per heavy atom. The van der Waals surface area contributed by atoms with E-state index in [-0.39, 0.29) is 24.4 Å². The van der Waals surface area contributed by atoms with Crippen LogP contribution in [-0.4, -0.2) is 38.1 Å². The first-order chi connectivity index (χ1) is 10.6. The van der Waals surface area contributed by atoms with Crippen LogP contribution in [0.4, 0.5) is 4.39 Å². The number of hydrogen-bond donors (Lipinski definition) is 1. The maximum atomic E-state index is 12.8. The summed E-state index contributed by atoms with van der Waals surface area (Å²) in [7, 11) is 3.96. The van der Waals surface area contributed by atoms with Crippen LogP contribution in [0.15, 0.2) is 41.8 Å². The highest BCUT2D eigenvalue weighted by molar-refractivity contribution is 7.10. The minimum absolute atomic E-state index is 0.0871. The lowest BCUT2D eigenvalue weighted by Crippen LogP contribution is -2.36. The number of hydrogen-bond acceptors (Lipinski definition) is 4. The molecule has 1 aromatic heterocycles. The number of thiophene rings is 1. The smallest absolute Gasteiger partial charge is 0.258 e. The first kappa shape index (κ1) is 16.5. The quantitative estimate of drug-likeness (QED) is 0.852. The second-order valence-corrected chi connectivity index (χ2v) is 6.02. The molecule has 0 radical (unpaired) electrons. The van der Waals surface area contributed by atoms with Crippen LogP contribution < -0.4 is 10.1 Å². The van der Waals surface area contributed by atoms with E-state index in [1.54, 1.807) is 11.3 Å². The zero-order valence-corrected chi connectivity index (χ0v) is 13.4. The number of amides is 1. The van der Waals surface area contributed by atoms with E-state index in [4.69, 9.17) is 4.74 Å². The van der Waals surface area contributed by atoms with Gasteiger partial charge in [0.15, 0.2) is 6.61 Å². The van der Waals surface area contributed by atoms with Crippen molar-refractivity contribution >= 4 is 17.2 Å². The van der Waals surface area contributed by atoms with E-state index < -0.39 is 0 Å². The molecule has 2 rings (SSSR count). The van der Waals surface area contributed by atoms with Crippen molar-refractivity contribution in [2.75, 3.05) is 27.2 Å². The molecule has 0 saturated carbocycles. The standard InChI is InChI=1S/C16H19FN2O2S/c1-19(2)14(15-4-3-9-22-15)10-18-16(20)11-21-13-7-5-12(17)6-8-13/h3-9,14H,10-11H2,1-2H3,(H,18,20). The Labute approximate surface area is 133 Å². The molecule has 0 aliphatic heterocycles. The lowest BCUT2D eigenvalue weighted by molar-refractivity contribution is -0.123. The second kappa shape index (κ2) is 7.91. The predicted molar refractivity (Wildman–Crippen MR) is 85.7 cm³/mol. The van der Waals surface area contributed by atoms with Gasteiger partial charge in [-0.3, -0.25) is 4.79 Å².